The largest absolute Gasteiger partial charge is 1.00 e. The Hall–Kier alpha value is -1.46. The van der Waals surface area contributed by atoms with E-state index in [4.69, 9.17) is 4.74 Å². The maximum Gasteiger partial charge on any atom is 0.123 e. The Bertz CT molecular complexity index is 588. The van der Waals surface area contributed by atoms with E-state index in [1.165, 1.54) is 12.1 Å². The second-order valence-electron chi connectivity index (χ2n) is 5.50. The second kappa shape index (κ2) is 8.41. The number of aliphatic hydroxyl groups excluding tert-OH is 1. The number of halogens is 2. The molecule has 2 aromatic carbocycles. The fourth-order valence-electron chi connectivity index (χ4n) is 2.94. The van der Waals surface area contributed by atoms with Gasteiger partial charge in [0, 0.05) is 13.1 Å². The van der Waals surface area contributed by atoms with E-state index in [-0.39, 0.29) is 24.3 Å². The van der Waals surface area contributed by atoms with Gasteiger partial charge in [0.25, 0.3) is 0 Å². The zero-order chi connectivity index (χ0) is 15.4. The quantitative estimate of drug-likeness (QED) is 0.849. The second-order valence-corrected chi connectivity index (χ2v) is 5.50. The Morgan fingerprint density at radius 1 is 0.913 bits per heavy atom. The monoisotopic (exact) mass is 336 g/mol. The Kier molecular flexibility index (Phi) is 6.54. The predicted octanol–water partition coefficient (Wildman–Crippen LogP) is -0.0634. The van der Waals surface area contributed by atoms with Gasteiger partial charge in [-0.05, 0) is 23.3 Å². The number of morpholine rings is 1. The third kappa shape index (κ3) is 4.30. The third-order valence-corrected chi connectivity index (χ3v) is 4.09. The van der Waals surface area contributed by atoms with E-state index >= 15 is 0 Å². The maximum atomic E-state index is 13.1. The van der Waals surface area contributed by atoms with Crippen molar-refractivity contribution in [3.63, 3.8) is 0 Å². The Balaban J connectivity index is 0.00000192. The summed E-state index contributed by atoms with van der Waals surface area (Å²) >= 11 is 0. The maximum absolute atomic E-state index is 13.1. The lowest BCUT2D eigenvalue weighted by atomic mass is 9.94. The lowest BCUT2D eigenvalue weighted by Gasteiger charge is -2.37. The average Bonchev–Trinajstić information content (AvgIpc) is 2.57. The minimum atomic E-state index is -0.707. The molecule has 0 saturated carbocycles. The van der Waals surface area contributed by atoms with Crippen molar-refractivity contribution in [2.75, 3.05) is 26.3 Å². The van der Waals surface area contributed by atoms with Gasteiger partial charge in [0.05, 0.1) is 25.4 Å². The van der Waals surface area contributed by atoms with Gasteiger partial charge in [0.2, 0.25) is 0 Å². The van der Waals surface area contributed by atoms with Crippen LogP contribution < -0.4 is 12.4 Å². The van der Waals surface area contributed by atoms with E-state index in [1.54, 1.807) is 12.1 Å². The first-order chi connectivity index (χ1) is 10.8. The molecule has 0 spiro atoms. The first-order valence-corrected chi connectivity index (χ1v) is 7.56. The van der Waals surface area contributed by atoms with Crippen LogP contribution in [0.15, 0.2) is 54.6 Å². The highest BCUT2D eigenvalue weighted by atomic mass is 35.5. The summed E-state index contributed by atoms with van der Waals surface area (Å²) in [5.41, 5.74) is 1.78. The number of hydrogen-bond acceptors (Lipinski definition) is 3. The highest BCUT2D eigenvalue weighted by Gasteiger charge is 2.29. The van der Waals surface area contributed by atoms with Gasteiger partial charge in [0.15, 0.2) is 0 Å². The summed E-state index contributed by atoms with van der Waals surface area (Å²) in [6.45, 7) is 2.88. The zero-order valence-electron chi connectivity index (χ0n) is 12.7. The summed E-state index contributed by atoms with van der Waals surface area (Å²) in [6, 6.07) is 15.9. The highest BCUT2D eigenvalue weighted by molar-refractivity contribution is 5.26. The van der Waals surface area contributed by atoms with E-state index in [1.807, 2.05) is 30.3 Å². The molecule has 2 atom stereocenters. The molecule has 3 nitrogen and oxygen atoms in total. The van der Waals surface area contributed by atoms with Crippen molar-refractivity contribution in [1.82, 2.24) is 4.90 Å². The Labute approximate surface area is 142 Å². The number of hydrogen-bond donors (Lipinski definition) is 1. The van der Waals surface area contributed by atoms with Gasteiger partial charge in [0.1, 0.15) is 5.82 Å². The molecule has 0 aliphatic carbocycles. The van der Waals surface area contributed by atoms with E-state index in [2.05, 4.69) is 4.90 Å². The van der Waals surface area contributed by atoms with E-state index in [0.717, 1.165) is 24.2 Å². The summed E-state index contributed by atoms with van der Waals surface area (Å²) < 4.78 is 18.5. The molecule has 1 fully saturated rings. The van der Waals surface area contributed by atoms with Gasteiger partial charge < -0.3 is 22.3 Å². The molecule has 0 amide bonds. The average molecular weight is 337 g/mol. The Morgan fingerprint density at radius 2 is 1.52 bits per heavy atom. The lowest BCUT2D eigenvalue weighted by Crippen LogP contribution is -3.00. The highest BCUT2D eigenvalue weighted by Crippen LogP contribution is 2.34. The van der Waals surface area contributed by atoms with Crippen LogP contribution in [0.3, 0.4) is 0 Å². The summed E-state index contributed by atoms with van der Waals surface area (Å²) in [5.74, 6) is -0.293. The molecule has 0 radical (unpaired) electrons. The molecule has 0 bridgehead atoms. The van der Waals surface area contributed by atoms with Crippen LogP contribution >= 0.6 is 0 Å². The summed E-state index contributed by atoms with van der Waals surface area (Å²) in [6.07, 6.45) is -0.707. The normalized spacial score (nSPS) is 18.0. The summed E-state index contributed by atoms with van der Waals surface area (Å²) in [4.78, 5) is 2.23. The van der Waals surface area contributed by atoms with Gasteiger partial charge >= 0.3 is 0 Å². The number of ether oxygens (including phenoxy) is 1. The van der Waals surface area contributed by atoms with Gasteiger partial charge in [-0.15, -0.1) is 0 Å². The van der Waals surface area contributed by atoms with Crippen molar-refractivity contribution in [3.05, 3.63) is 71.5 Å². The molecule has 3 rings (SSSR count). The number of aliphatic hydroxyl groups is 1. The molecule has 2 aromatic rings. The van der Waals surface area contributed by atoms with Crippen molar-refractivity contribution in [2.24, 2.45) is 0 Å². The van der Waals surface area contributed by atoms with Crippen molar-refractivity contribution < 1.29 is 26.6 Å². The lowest BCUT2D eigenvalue weighted by molar-refractivity contribution is -0.0238. The van der Waals surface area contributed by atoms with E-state index in [0.29, 0.717) is 13.2 Å². The van der Waals surface area contributed by atoms with Crippen molar-refractivity contribution >= 4 is 0 Å². The third-order valence-electron chi connectivity index (χ3n) is 4.09. The van der Waals surface area contributed by atoms with Crippen molar-refractivity contribution in [1.29, 1.82) is 0 Å². The summed E-state index contributed by atoms with van der Waals surface area (Å²) in [5, 5.41) is 10.9. The van der Waals surface area contributed by atoms with Gasteiger partial charge in [-0.3, -0.25) is 4.90 Å². The Morgan fingerprint density at radius 3 is 2.13 bits per heavy atom. The van der Waals surface area contributed by atoms with E-state index in [9.17, 15) is 9.50 Å². The number of nitrogens with zero attached hydrogens (tertiary/aromatic N) is 1. The molecular weight excluding hydrogens is 317 g/mol. The molecule has 1 N–H and O–H groups in total. The van der Waals surface area contributed by atoms with Gasteiger partial charge in [-0.1, -0.05) is 42.5 Å². The van der Waals surface area contributed by atoms with Crippen LogP contribution in [0.1, 0.15) is 23.3 Å². The topological polar surface area (TPSA) is 32.7 Å². The zero-order valence-corrected chi connectivity index (χ0v) is 13.5. The molecular formula is C18H20ClFNO2-. The fraction of sp³-hybridized carbons (Fsp3) is 0.333. The molecule has 0 aromatic heterocycles. The van der Waals surface area contributed by atoms with Crippen LogP contribution in [0, 0.1) is 5.82 Å². The van der Waals surface area contributed by atoms with Gasteiger partial charge in [-0.25, -0.2) is 4.39 Å². The molecule has 1 aliphatic heterocycles. The van der Waals surface area contributed by atoms with Crippen LogP contribution in [0.5, 0.6) is 0 Å². The standard InChI is InChI=1S/C18H20FNO2.ClH/c19-16-8-6-15(7-9-16)18(21)17(14-4-2-1-3-5-14)20-10-12-22-13-11-20;/h1-9,17-18,21H,10-13H2;1H/p-1. The molecule has 1 heterocycles. The fourth-order valence-corrected chi connectivity index (χ4v) is 2.94. The van der Waals surface area contributed by atoms with E-state index < -0.39 is 6.10 Å². The van der Waals surface area contributed by atoms with Crippen molar-refractivity contribution in [3.8, 4) is 0 Å². The molecule has 2 unspecified atom stereocenters. The molecule has 23 heavy (non-hydrogen) atoms. The smallest absolute Gasteiger partial charge is 0.123 e. The SMILES string of the molecule is OC(c1ccc(F)cc1)C(c1ccccc1)N1CCOCC1.[Cl-]. The van der Waals surface area contributed by atoms with Crippen LogP contribution in [-0.4, -0.2) is 36.3 Å². The first kappa shape index (κ1) is 17.9. The van der Waals surface area contributed by atoms with Crippen LogP contribution in [0.25, 0.3) is 0 Å². The number of rotatable bonds is 4. The summed E-state index contributed by atoms with van der Waals surface area (Å²) in [7, 11) is 0. The predicted molar refractivity (Wildman–Crippen MR) is 82.9 cm³/mol. The molecule has 1 aliphatic rings. The minimum absolute atomic E-state index is 0. The van der Waals surface area contributed by atoms with Gasteiger partial charge in [-0.2, -0.15) is 0 Å². The molecule has 124 valence electrons. The number of benzene rings is 2. The van der Waals surface area contributed by atoms with Crippen LogP contribution in [0.4, 0.5) is 4.39 Å². The molecule has 5 heteroatoms. The van der Waals surface area contributed by atoms with Crippen LogP contribution in [-0.2, 0) is 4.74 Å². The first-order valence-electron chi connectivity index (χ1n) is 7.56. The van der Waals surface area contributed by atoms with Crippen molar-refractivity contribution in [2.45, 2.75) is 12.1 Å². The minimum Gasteiger partial charge on any atom is -1.00 e. The van der Waals surface area contributed by atoms with Crippen LogP contribution in [0.2, 0.25) is 0 Å². The molecule has 1 saturated heterocycles.